The number of nitrogens with zero attached hydrogens (tertiary/aromatic N) is 4. The van der Waals surface area contributed by atoms with Crippen LogP contribution >= 0.6 is 11.6 Å². The molecule has 1 amide bonds. The molecule has 6 heteroatoms. The number of carbonyl (C=O) groups excluding carboxylic acids is 1. The molecule has 0 spiro atoms. The fourth-order valence-corrected chi connectivity index (χ4v) is 2.12. The predicted octanol–water partition coefficient (Wildman–Crippen LogP) is 2.32. The second-order valence-corrected chi connectivity index (χ2v) is 4.89. The molecule has 1 aromatic rings. The Labute approximate surface area is 125 Å². The van der Waals surface area contributed by atoms with Gasteiger partial charge in [0, 0.05) is 13.1 Å². The largest absolute Gasteiger partial charge is 0.337 e. The first-order chi connectivity index (χ1) is 9.62. The van der Waals surface area contributed by atoms with Gasteiger partial charge < -0.3 is 9.80 Å². The van der Waals surface area contributed by atoms with Gasteiger partial charge in [-0.2, -0.15) is 0 Å². The Morgan fingerprint density at radius 2 is 1.80 bits per heavy atom. The molecule has 20 heavy (non-hydrogen) atoms. The average molecular weight is 299 g/mol. The summed E-state index contributed by atoms with van der Waals surface area (Å²) in [6.45, 7) is 10.8. The zero-order valence-electron chi connectivity index (χ0n) is 12.5. The summed E-state index contributed by atoms with van der Waals surface area (Å²) in [4.78, 5) is 16.4. The summed E-state index contributed by atoms with van der Waals surface area (Å²) in [5.41, 5.74) is 0.346. The lowest BCUT2D eigenvalue weighted by atomic mass is 10.3. The summed E-state index contributed by atoms with van der Waals surface area (Å²) in [6, 6.07) is 3.20. The highest BCUT2D eigenvalue weighted by atomic mass is 35.5. The van der Waals surface area contributed by atoms with Gasteiger partial charge in [0.1, 0.15) is 0 Å². The SMILES string of the molecule is CCN(CC)CCCN(CC)C(=O)c1ccc(Cl)nn1. The van der Waals surface area contributed by atoms with E-state index in [0.717, 1.165) is 32.6 Å². The molecule has 0 atom stereocenters. The molecule has 0 saturated heterocycles. The number of halogens is 1. The van der Waals surface area contributed by atoms with Crippen LogP contribution in [-0.2, 0) is 0 Å². The van der Waals surface area contributed by atoms with E-state index in [1.54, 1.807) is 17.0 Å². The molecule has 0 unspecified atom stereocenters. The Morgan fingerprint density at radius 1 is 1.10 bits per heavy atom. The molecule has 1 aromatic heterocycles. The van der Waals surface area contributed by atoms with Crippen molar-refractivity contribution in [3.63, 3.8) is 0 Å². The van der Waals surface area contributed by atoms with Crippen molar-refractivity contribution in [2.75, 3.05) is 32.7 Å². The maximum Gasteiger partial charge on any atom is 0.274 e. The lowest BCUT2D eigenvalue weighted by Gasteiger charge is -2.23. The van der Waals surface area contributed by atoms with Crippen LogP contribution in [0.25, 0.3) is 0 Å². The van der Waals surface area contributed by atoms with Crippen molar-refractivity contribution in [1.29, 1.82) is 0 Å². The average Bonchev–Trinajstić information content (AvgIpc) is 2.48. The molecule has 112 valence electrons. The summed E-state index contributed by atoms with van der Waals surface area (Å²) in [7, 11) is 0. The zero-order chi connectivity index (χ0) is 15.0. The summed E-state index contributed by atoms with van der Waals surface area (Å²) in [5.74, 6) is -0.0868. The van der Waals surface area contributed by atoms with Gasteiger partial charge in [-0.3, -0.25) is 4.79 Å². The predicted molar refractivity (Wildman–Crippen MR) is 81.0 cm³/mol. The number of hydrogen-bond donors (Lipinski definition) is 0. The molecule has 0 aliphatic heterocycles. The van der Waals surface area contributed by atoms with Crippen molar-refractivity contribution in [2.24, 2.45) is 0 Å². The van der Waals surface area contributed by atoms with Gasteiger partial charge in [-0.25, -0.2) is 0 Å². The van der Waals surface area contributed by atoms with Crippen molar-refractivity contribution in [2.45, 2.75) is 27.2 Å². The van der Waals surface area contributed by atoms with E-state index >= 15 is 0 Å². The van der Waals surface area contributed by atoms with E-state index in [4.69, 9.17) is 11.6 Å². The number of rotatable bonds is 8. The smallest absolute Gasteiger partial charge is 0.274 e. The van der Waals surface area contributed by atoms with Crippen LogP contribution in [0.3, 0.4) is 0 Å². The van der Waals surface area contributed by atoms with Gasteiger partial charge in [-0.15, -0.1) is 10.2 Å². The van der Waals surface area contributed by atoms with Gasteiger partial charge in [-0.05, 0) is 45.1 Å². The lowest BCUT2D eigenvalue weighted by Crippen LogP contribution is -2.34. The van der Waals surface area contributed by atoms with Gasteiger partial charge >= 0.3 is 0 Å². The number of amides is 1. The third-order valence-electron chi connectivity index (χ3n) is 3.32. The highest BCUT2D eigenvalue weighted by Crippen LogP contribution is 2.06. The molecule has 0 N–H and O–H groups in total. The topological polar surface area (TPSA) is 49.3 Å². The van der Waals surface area contributed by atoms with Gasteiger partial charge in [0.15, 0.2) is 10.8 Å². The second kappa shape index (κ2) is 8.87. The van der Waals surface area contributed by atoms with Crippen LogP contribution in [0.5, 0.6) is 0 Å². The van der Waals surface area contributed by atoms with Crippen LogP contribution in [0.15, 0.2) is 12.1 Å². The molecular weight excluding hydrogens is 276 g/mol. The van der Waals surface area contributed by atoms with Crippen molar-refractivity contribution >= 4 is 17.5 Å². The molecule has 5 nitrogen and oxygen atoms in total. The highest BCUT2D eigenvalue weighted by molar-refractivity contribution is 6.29. The van der Waals surface area contributed by atoms with Crippen LogP contribution < -0.4 is 0 Å². The van der Waals surface area contributed by atoms with Gasteiger partial charge in [0.05, 0.1) is 0 Å². The minimum atomic E-state index is -0.0868. The third kappa shape index (κ3) is 5.06. The minimum Gasteiger partial charge on any atom is -0.337 e. The maximum absolute atomic E-state index is 12.3. The zero-order valence-corrected chi connectivity index (χ0v) is 13.2. The molecule has 0 saturated carbocycles. The maximum atomic E-state index is 12.3. The fourth-order valence-electron chi connectivity index (χ4n) is 2.02. The standard InChI is InChI=1S/C14H23ClN4O/c1-4-18(5-2)10-7-11-19(6-3)14(20)12-8-9-13(15)17-16-12/h8-9H,4-7,10-11H2,1-3H3. The fraction of sp³-hybridized carbons (Fsp3) is 0.643. The molecule has 0 aliphatic carbocycles. The molecule has 0 bridgehead atoms. The van der Waals surface area contributed by atoms with E-state index in [2.05, 4.69) is 28.9 Å². The van der Waals surface area contributed by atoms with Crippen molar-refractivity contribution < 1.29 is 4.79 Å². The van der Waals surface area contributed by atoms with Crippen LogP contribution in [0, 0.1) is 0 Å². The first-order valence-corrected chi connectivity index (χ1v) is 7.51. The molecule has 1 heterocycles. The number of hydrogen-bond acceptors (Lipinski definition) is 4. The van der Waals surface area contributed by atoms with E-state index in [1.165, 1.54) is 0 Å². The summed E-state index contributed by atoms with van der Waals surface area (Å²) in [6.07, 6.45) is 0.961. The Morgan fingerprint density at radius 3 is 2.30 bits per heavy atom. The Hall–Kier alpha value is -1.20. The third-order valence-corrected chi connectivity index (χ3v) is 3.52. The molecule has 0 fully saturated rings. The summed E-state index contributed by atoms with van der Waals surface area (Å²) >= 11 is 5.68. The van der Waals surface area contributed by atoms with Crippen molar-refractivity contribution in [3.05, 3.63) is 23.0 Å². The first-order valence-electron chi connectivity index (χ1n) is 7.13. The van der Waals surface area contributed by atoms with Gasteiger partial charge in [0.2, 0.25) is 0 Å². The molecule has 0 aromatic carbocycles. The van der Waals surface area contributed by atoms with Crippen LogP contribution in [0.4, 0.5) is 0 Å². The van der Waals surface area contributed by atoms with Crippen LogP contribution in [0.1, 0.15) is 37.7 Å². The van der Waals surface area contributed by atoms with Gasteiger partial charge in [0.25, 0.3) is 5.91 Å². The first kappa shape index (κ1) is 16.9. The number of aromatic nitrogens is 2. The Kier molecular flexibility index (Phi) is 7.47. The van der Waals surface area contributed by atoms with Gasteiger partial charge in [-0.1, -0.05) is 25.4 Å². The van der Waals surface area contributed by atoms with E-state index in [-0.39, 0.29) is 5.91 Å². The molecule has 0 aliphatic rings. The van der Waals surface area contributed by atoms with Crippen molar-refractivity contribution in [3.8, 4) is 0 Å². The molecular formula is C14H23ClN4O. The Balaban J connectivity index is 2.53. The van der Waals surface area contributed by atoms with E-state index in [9.17, 15) is 4.79 Å². The normalized spacial score (nSPS) is 10.8. The quantitative estimate of drug-likeness (QED) is 0.739. The van der Waals surface area contributed by atoms with Crippen LogP contribution in [0.2, 0.25) is 5.15 Å². The lowest BCUT2D eigenvalue weighted by molar-refractivity contribution is 0.0750. The summed E-state index contributed by atoms with van der Waals surface area (Å²) in [5, 5.41) is 7.85. The second-order valence-electron chi connectivity index (χ2n) is 4.51. The number of carbonyl (C=O) groups is 1. The highest BCUT2D eigenvalue weighted by Gasteiger charge is 2.15. The molecule has 0 radical (unpaired) electrons. The summed E-state index contributed by atoms with van der Waals surface area (Å²) < 4.78 is 0. The van der Waals surface area contributed by atoms with E-state index in [1.807, 2.05) is 6.92 Å². The van der Waals surface area contributed by atoms with E-state index in [0.29, 0.717) is 17.4 Å². The minimum absolute atomic E-state index is 0.0868. The Bertz CT molecular complexity index is 406. The van der Waals surface area contributed by atoms with E-state index < -0.39 is 0 Å². The monoisotopic (exact) mass is 298 g/mol. The molecule has 1 rings (SSSR count). The van der Waals surface area contributed by atoms with Crippen LogP contribution in [-0.4, -0.2) is 58.6 Å². The van der Waals surface area contributed by atoms with Crippen molar-refractivity contribution in [1.82, 2.24) is 20.0 Å².